The zero-order chi connectivity index (χ0) is 21.6. The molecule has 0 bridgehead atoms. The van der Waals surface area contributed by atoms with Gasteiger partial charge in [-0.25, -0.2) is 8.93 Å². The molecule has 2 aromatic carbocycles. The zero-order valence-electron chi connectivity index (χ0n) is 17.7. The van der Waals surface area contributed by atoms with Gasteiger partial charge in [0.15, 0.2) is 11.5 Å². The lowest BCUT2D eigenvalue weighted by Gasteiger charge is -2.21. The predicted molar refractivity (Wildman–Crippen MR) is 114 cm³/mol. The molecule has 0 heterocycles. The first-order chi connectivity index (χ1) is 13.7. The van der Waals surface area contributed by atoms with E-state index in [-0.39, 0.29) is 12.2 Å². The smallest absolute Gasteiger partial charge is 0.203 e. The summed E-state index contributed by atoms with van der Waals surface area (Å²) in [7, 11) is -0.00584. The molecule has 0 saturated heterocycles. The molecule has 0 fully saturated rings. The second-order valence-corrected chi connectivity index (χ2v) is 8.39. The molecule has 0 aliphatic carbocycles. The largest absolute Gasteiger partial charge is 0.490 e. The number of nitrogens with one attached hydrogen (secondary N) is 1. The average Bonchev–Trinajstić information content (AvgIpc) is 2.65. The molecule has 0 aliphatic heterocycles. The summed E-state index contributed by atoms with van der Waals surface area (Å²) in [5.41, 5.74) is 1.66. The Bertz CT molecular complexity index is 858. The van der Waals surface area contributed by atoms with Gasteiger partial charge in [-0.15, -0.1) is 0 Å². The van der Waals surface area contributed by atoms with Crippen LogP contribution in [0.2, 0.25) is 0 Å². The van der Waals surface area contributed by atoms with Gasteiger partial charge in [0.05, 0.1) is 30.3 Å². The molecule has 1 N–H and O–H groups in total. The number of methoxy groups -OCH3 is 1. The van der Waals surface area contributed by atoms with Crippen molar-refractivity contribution in [1.82, 2.24) is 4.72 Å². The van der Waals surface area contributed by atoms with Crippen LogP contribution in [0.3, 0.4) is 0 Å². The third-order valence-corrected chi connectivity index (χ3v) is 5.05. The van der Waals surface area contributed by atoms with Crippen LogP contribution < -0.4 is 18.9 Å². The van der Waals surface area contributed by atoms with Gasteiger partial charge in [0, 0.05) is 0 Å². The Balaban J connectivity index is 2.41. The Kier molecular flexibility index (Phi) is 8.06. The lowest BCUT2D eigenvalue weighted by molar-refractivity contribution is 0.208. The summed E-state index contributed by atoms with van der Waals surface area (Å²) in [6.45, 7) is 9.58. The second kappa shape index (κ2) is 10.3. The van der Waals surface area contributed by atoms with Gasteiger partial charge in [0.25, 0.3) is 0 Å². The molecule has 2 aromatic rings. The first-order valence-corrected chi connectivity index (χ1v) is 10.6. The van der Waals surface area contributed by atoms with Gasteiger partial charge in [-0.2, -0.15) is 5.26 Å². The number of benzene rings is 2. The second-order valence-electron chi connectivity index (χ2n) is 7.15. The Labute approximate surface area is 175 Å². The van der Waals surface area contributed by atoms with E-state index in [4.69, 9.17) is 14.2 Å². The molecule has 0 radical (unpaired) electrons. The average molecular weight is 417 g/mol. The van der Waals surface area contributed by atoms with E-state index in [2.05, 4.69) is 10.8 Å². The molecule has 0 aromatic heterocycles. The third-order valence-electron chi connectivity index (χ3n) is 3.89. The fourth-order valence-corrected chi connectivity index (χ4v) is 3.58. The van der Waals surface area contributed by atoms with E-state index in [1.165, 1.54) is 0 Å². The molecule has 6 nitrogen and oxygen atoms in total. The first kappa shape index (κ1) is 22.7. The fraction of sp³-hybridized carbons (Fsp3) is 0.409. The SMILES string of the molecule is COc1c(OC(C)C)cc([C@H](C#N)N[S@](=O)c2ccc(C)cc2)cc1OC(C)C. The molecule has 0 aliphatic rings. The predicted octanol–water partition coefficient (Wildman–Crippen LogP) is 4.46. The zero-order valence-corrected chi connectivity index (χ0v) is 18.5. The van der Waals surface area contributed by atoms with E-state index in [9.17, 15) is 9.47 Å². The van der Waals surface area contributed by atoms with Crippen LogP contribution >= 0.6 is 0 Å². The lowest BCUT2D eigenvalue weighted by Crippen LogP contribution is -2.23. The summed E-state index contributed by atoms with van der Waals surface area (Å²) in [5, 5.41) is 9.73. The van der Waals surface area contributed by atoms with Crippen LogP contribution in [-0.2, 0) is 11.0 Å². The van der Waals surface area contributed by atoms with Crippen molar-refractivity contribution in [3.63, 3.8) is 0 Å². The van der Waals surface area contributed by atoms with Crippen LogP contribution in [-0.4, -0.2) is 23.5 Å². The number of ether oxygens (including phenoxy) is 3. The topological polar surface area (TPSA) is 80.6 Å². The Morgan fingerprint density at radius 1 is 1.00 bits per heavy atom. The molecule has 2 atom stereocenters. The number of nitrogens with zero attached hydrogens (tertiary/aromatic N) is 1. The summed E-state index contributed by atoms with van der Waals surface area (Å²) in [5.74, 6) is 1.41. The van der Waals surface area contributed by atoms with Crippen molar-refractivity contribution in [3.8, 4) is 23.3 Å². The standard InChI is InChI=1S/C22H28N2O4S/c1-14(2)27-20-11-17(12-21(22(20)26-6)28-15(3)4)19(13-23)24-29(25)18-9-7-16(5)8-10-18/h7-12,14-15,19,24H,1-6H3/t19-,29+/m0/s1. The van der Waals surface area contributed by atoms with E-state index < -0.39 is 17.0 Å². The minimum absolute atomic E-state index is 0.0961. The van der Waals surface area contributed by atoms with Crippen LogP contribution in [0.4, 0.5) is 0 Å². The van der Waals surface area contributed by atoms with E-state index in [1.54, 1.807) is 31.4 Å². The van der Waals surface area contributed by atoms with Gasteiger partial charge in [-0.05, 0) is 64.4 Å². The van der Waals surface area contributed by atoms with Gasteiger partial charge >= 0.3 is 0 Å². The molecular formula is C22H28N2O4S. The Morgan fingerprint density at radius 3 is 1.93 bits per heavy atom. The molecule has 156 valence electrons. The van der Waals surface area contributed by atoms with Gasteiger partial charge in [-0.1, -0.05) is 17.7 Å². The fourth-order valence-electron chi connectivity index (χ4n) is 2.65. The van der Waals surface area contributed by atoms with Crippen molar-refractivity contribution in [2.24, 2.45) is 0 Å². The lowest BCUT2D eigenvalue weighted by atomic mass is 10.1. The van der Waals surface area contributed by atoms with Crippen molar-refractivity contribution in [2.75, 3.05) is 7.11 Å². The summed E-state index contributed by atoms with van der Waals surface area (Å²) < 4.78 is 32.8. The highest BCUT2D eigenvalue weighted by Gasteiger charge is 2.22. The summed E-state index contributed by atoms with van der Waals surface area (Å²) in [6, 6.07) is 12.1. The maximum absolute atomic E-state index is 12.7. The van der Waals surface area contributed by atoms with Crippen LogP contribution in [0.5, 0.6) is 17.2 Å². The minimum atomic E-state index is -1.55. The van der Waals surface area contributed by atoms with Crippen LogP contribution in [0.25, 0.3) is 0 Å². The molecule has 7 heteroatoms. The van der Waals surface area contributed by atoms with Crippen molar-refractivity contribution >= 4 is 11.0 Å². The number of rotatable bonds is 9. The van der Waals surface area contributed by atoms with Crippen LogP contribution in [0.1, 0.15) is 44.9 Å². The summed E-state index contributed by atoms with van der Waals surface area (Å²) in [6.07, 6.45) is -0.192. The van der Waals surface area contributed by atoms with Crippen LogP contribution in [0.15, 0.2) is 41.3 Å². The quantitative estimate of drug-likeness (QED) is 0.653. The monoisotopic (exact) mass is 416 g/mol. The maximum atomic E-state index is 12.7. The number of nitriles is 1. The Morgan fingerprint density at radius 2 is 1.52 bits per heavy atom. The third kappa shape index (κ3) is 6.21. The molecule has 0 unspecified atom stereocenters. The van der Waals surface area contributed by atoms with Crippen molar-refractivity contribution in [2.45, 2.75) is 57.8 Å². The van der Waals surface area contributed by atoms with Crippen LogP contribution in [0, 0.1) is 18.3 Å². The number of hydrogen-bond donors (Lipinski definition) is 1. The molecule has 2 rings (SSSR count). The van der Waals surface area contributed by atoms with E-state index in [0.29, 0.717) is 27.7 Å². The van der Waals surface area contributed by atoms with E-state index in [1.807, 2.05) is 46.8 Å². The molecule has 0 amide bonds. The van der Waals surface area contributed by atoms with Crippen molar-refractivity contribution < 1.29 is 18.4 Å². The van der Waals surface area contributed by atoms with E-state index >= 15 is 0 Å². The molecule has 0 saturated carbocycles. The Hall–Kier alpha value is -2.56. The highest BCUT2D eigenvalue weighted by atomic mass is 32.2. The van der Waals surface area contributed by atoms with E-state index in [0.717, 1.165) is 5.56 Å². The number of aryl methyl sites for hydroxylation is 1. The normalized spacial score (nSPS) is 13.1. The van der Waals surface area contributed by atoms with Gasteiger partial charge in [-0.3, -0.25) is 0 Å². The van der Waals surface area contributed by atoms with Crippen molar-refractivity contribution in [3.05, 3.63) is 47.5 Å². The summed E-state index contributed by atoms with van der Waals surface area (Å²) >= 11 is 0. The van der Waals surface area contributed by atoms with Crippen molar-refractivity contribution in [1.29, 1.82) is 5.26 Å². The van der Waals surface area contributed by atoms with Gasteiger partial charge in [0.2, 0.25) is 5.75 Å². The summed E-state index contributed by atoms with van der Waals surface area (Å²) in [4.78, 5) is 0.599. The molecular weight excluding hydrogens is 388 g/mol. The molecule has 29 heavy (non-hydrogen) atoms. The molecule has 0 spiro atoms. The number of hydrogen-bond acceptors (Lipinski definition) is 5. The minimum Gasteiger partial charge on any atom is -0.490 e. The van der Waals surface area contributed by atoms with Gasteiger partial charge in [0.1, 0.15) is 17.0 Å². The first-order valence-electron chi connectivity index (χ1n) is 9.44. The highest BCUT2D eigenvalue weighted by molar-refractivity contribution is 7.83. The maximum Gasteiger partial charge on any atom is 0.203 e. The van der Waals surface area contributed by atoms with Gasteiger partial charge < -0.3 is 14.2 Å². The highest BCUT2D eigenvalue weighted by Crippen LogP contribution is 2.41.